The van der Waals surface area contributed by atoms with Crippen LogP contribution in [0.3, 0.4) is 0 Å². The van der Waals surface area contributed by atoms with Crippen LogP contribution in [0.5, 0.6) is 0 Å². The second-order valence-corrected chi connectivity index (χ2v) is 7.01. The van der Waals surface area contributed by atoms with Gasteiger partial charge in [-0.1, -0.05) is 19.1 Å². The molecule has 1 atom stereocenters. The van der Waals surface area contributed by atoms with E-state index in [2.05, 4.69) is 4.72 Å². The van der Waals surface area contributed by atoms with Gasteiger partial charge in [-0.25, -0.2) is 17.5 Å². The van der Waals surface area contributed by atoms with Gasteiger partial charge >= 0.3 is 0 Å². The van der Waals surface area contributed by atoms with Gasteiger partial charge in [0, 0.05) is 6.04 Å². The van der Waals surface area contributed by atoms with Gasteiger partial charge in [-0.05, 0) is 51.2 Å². The normalized spacial score (nSPS) is 13.7. The second kappa shape index (κ2) is 7.71. The molecule has 0 spiro atoms. The summed E-state index contributed by atoms with van der Waals surface area (Å²) >= 11 is 0. The summed E-state index contributed by atoms with van der Waals surface area (Å²) in [4.78, 5) is 1.99. The van der Waals surface area contributed by atoms with Crippen molar-refractivity contribution in [2.45, 2.75) is 25.8 Å². The fourth-order valence-corrected chi connectivity index (χ4v) is 3.26. The Kier molecular flexibility index (Phi) is 6.58. The van der Waals surface area contributed by atoms with E-state index in [1.54, 1.807) is 12.1 Å². The van der Waals surface area contributed by atoms with Crippen LogP contribution in [-0.2, 0) is 10.0 Å². The minimum Gasteiger partial charge on any atom is -0.309 e. The first-order valence-electron chi connectivity index (χ1n) is 6.74. The Bertz CT molecular complexity index is 500. The van der Waals surface area contributed by atoms with Crippen LogP contribution >= 0.6 is 0 Å². The van der Waals surface area contributed by atoms with Gasteiger partial charge in [0.2, 0.25) is 10.0 Å². The molecule has 4 nitrogen and oxygen atoms in total. The first-order chi connectivity index (χ1) is 9.34. The van der Waals surface area contributed by atoms with Crippen molar-refractivity contribution >= 4 is 10.0 Å². The third kappa shape index (κ3) is 5.98. The number of benzene rings is 1. The summed E-state index contributed by atoms with van der Waals surface area (Å²) in [5.74, 6) is -0.219. The molecule has 0 fully saturated rings. The molecule has 6 heteroatoms. The zero-order valence-corrected chi connectivity index (χ0v) is 13.1. The van der Waals surface area contributed by atoms with Gasteiger partial charge < -0.3 is 4.90 Å². The Balaban J connectivity index is 2.87. The van der Waals surface area contributed by atoms with Crippen molar-refractivity contribution in [3.63, 3.8) is 0 Å². The molecule has 0 radical (unpaired) electrons. The quantitative estimate of drug-likeness (QED) is 0.800. The molecular weight excluding hydrogens is 279 g/mol. The third-order valence-corrected chi connectivity index (χ3v) is 4.52. The number of sulfonamides is 1. The van der Waals surface area contributed by atoms with E-state index in [0.29, 0.717) is 12.8 Å². The summed E-state index contributed by atoms with van der Waals surface area (Å²) in [6.07, 6.45) is 1.21. The van der Waals surface area contributed by atoms with Crippen LogP contribution in [0.15, 0.2) is 24.3 Å². The fourth-order valence-electron chi connectivity index (χ4n) is 1.92. The molecule has 1 aromatic rings. The Hall–Kier alpha value is -0.980. The van der Waals surface area contributed by atoms with Gasteiger partial charge in [-0.3, -0.25) is 0 Å². The van der Waals surface area contributed by atoms with Gasteiger partial charge in [-0.15, -0.1) is 0 Å². The molecule has 0 aliphatic rings. The predicted molar refractivity (Wildman–Crippen MR) is 79.5 cm³/mol. The lowest BCUT2D eigenvalue weighted by Crippen LogP contribution is -2.32. The number of halogens is 1. The molecule has 0 saturated carbocycles. The SMILES string of the molecule is CCCS(=O)(=O)NC(CCN(C)C)c1ccc(F)cc1. The van der Waals surface area contributed by atoms with Crippen LogP contribution in [0.25, 0.3) is 0 Å². The lowest BCUT2D eigenvalue weighted by atomic mass is 10.0. The standard InChI is InChI=1S/C14H23FN2O2S/c1-4-11-20(18,19)16-14(9-10-17(2)3)12-5-7-13(15)8-6-12/h5-8,14,16H,4,9-11H2,1-3H3. The highest BCUT2D eigenvalue weighted by Gasteiger charge is 2.19. The van der Waals surface area contributed by atoms with E-state index < -0.39 is 10.0 Å². The lowest BCUT2D eigenvalue weighted by Gasteiger charge is -2.21. The van der Waals surface area contributed by atoms with E-state index >= 15 is 0 Å². The molecule has 0 aliphatic carbocycles. The van der Waals surface area contributed by atoms with Gasteiger partial charge in [-0.2, -0.15) is 0 Å². The van der Waals surface area contributed by atoms with Crippen LogP contribution in [0.4, 0.5) is 4.39 Å². The second-order valence-electron chi connectivity index (χ2n) is 5.13. The van der Waals surface area contributed by atoms with Gasteiger partial charge in [0.05, 0.1) is 5.75 Å². The Morgan fingerprint density at radius 2 is 1.85 bits per heavy atom. The molecule has 1 rings (SSSR count). The first-order valence-corrected chi connectivity index (χ1v) is 8.39. The largest absolute Gasteiger partial charge is 0.309 e. The highest BCUT2D eigenvalue weighted by atomic mass is 32.2. The van der Waals surface area contributed by atoms with E-state index in [1.165, 1.54) is 12.1 Å². The molecule has 1 N–H and O–H groups in total. The first kappa shape index (κ1) is 17.1. The van der Waals surface area contributed by atoms with Crippen LogP contribution in [0.1, 0.15) is 31.4 Å². The molecule has 0 aliphatic heterocycles. The van der Waals surface area contributed by atoms with Crippen molar-refractivity contribution in [3.05, 3.63) is 35.6 Å². The summed E-state index contributed by atoms with van der Waals surface area (Å²) in [6.45, 7) is 2.57. The number of nitrogens with zero attached hydrogens (tertiary/aromatic N) is 1. The van der Waals surface area contributed by atoms with Crippen LogP contribution < -0.4 is 4.72 Å². The lowest BCUT2D eigenvalue weighted by molar-refractivity contribution is 0.375. The Morgan fingerprint density at radius 3 is 2.35 bits per heavy atom. The van der Waals surface area contributed by atoms with Crippen molar-refractivity contribution in [1.29, 1.82) is 0 Å². The molecule has 1 aromatic carbocycles. The van der Waals surface area contributed by atoms with Crippen molar-refractivity contribution in [3.8, 4) is 0 Å². The highest BCUT2D eigenvalue weighted by Crippen LogP contribution is 2.19. The van der Waals surface area contributed by atoms with E-state index in [1.807, 2.05) is 25.9 Å². The zero-order chi connectivity index (χ0) is 15.2. The predicted octanol–water partition coefficient (Wildman–Crippen LogP) is 2.15. The average molecular weight is 302 g/mol. The molecule has 0 heterocycles. The smallest absolute Gasteiger partial charge is 0.212 e. The van der Waals surface area contributed by atoms with Gasteiger partial charge in [0.15, 0.2) is 0 Å². The molecule has 20 heavy (non-hydrogen) atoms. The summed E-state index contributed by atoms with van der Waals surface area (Å²) in [7, 11) is 0.566. The molecule has 0 bridgehead atoms. The van der Waals surface area contributed by atoms with Gasteiger partial charge in [0.1, 0.15) is 5.82 Å². The minimum atomic E-state index is -3.30. The molecule has 0 aromatic heterocycles. The molecule has 1 unspecified atom stereocenters. The van der Waals surface area contributed by atoms with Crippen molar-refractivity contribution in [2.24, 2.45) is 0 Å². The summed E-state index contributed by atoms with van der Waals surface area (Å²) in [5.41, 5.74) is 0.785. The highest BCUT2D eigenvalue weighted by molar-refractivity contribution is 7.89. The van der Waals surface area contributed by atoms with Gasteiger partial charge in [0.25, 0.3) is 0 Å². The number of hydrogen-bond donors (Lipinski definition) is 1. The zero-order valence-electron chi connectivity index (χ0n) is 12.3. The van der Waals surface area contributed by atoms with E-state index in [4.69, 9.17) is 0 Å². The molecule has 0 saturated heterocycles. The summed E-state index contributed by atoms with van der Waals surface area (Å²) in [6, 6.07) is 5.64. The van der Waals surface area contributed by atoms with Crippen LogP contribution in [-0.4, -0.2) is 39.7 Å². The third-order valence-electron chi connectivity index (χ3n) is 2.93. The number of nitrogens with one attached hydrogen (secondary N) is 1. The van der Waals surface area contributed by atoms with E-state index in [9.17, 15) is 12.8 Å². The summed E-state index contributed by atoms with van der Waals surface area (Å²) < 4.78 is 39.5. The van der Waals surface area contributed by atoms with Crippen molar-refractivity contribution in [2.75, 3.05) is 26.4 Å². The van der Waals surface area contributed by atoms with Crippen molar-refractivity contribution in [1.82, 2.24) is 9.62 Å². The van der Waals surface area contributed by atoms with E-state index in [0.717, 1.165) is 12.1 Å². The maximum atomic E-state index is 13.0. The van der Waals surface area contributed by atoms with Crippen LogP contribution in [0, 0.1) is 5.82 Å². The molecule has 0 amide bonds. The average Bonchev–Trinajstić information content (AvgIpc) is 2.35. The van der Waals surface area contributed by atoms with Crippen LogP contribution in [0.2, 0.25) is 0 Å². The fraction of sp³-hybridized carbons (Fsp3) is 0.571. The maximum Gasteiger partial charge on any atom is 0.212 e. The molecule has 114 valence electrons. The topological polar surface area (TPSA) is 49.4 Å². The maximum absolute atomic E-state index is 13.0. The number of rotatable bonds is 8. The monoisotopic (exact) mass is 302 g/mol. The minimum absolute atomic E-state index is 0.104. The Morgan fingerprint density at radius 1 is 1.25 bits per heavy atom. The van der Waals surface area contributed by atoms with Crippen molar-refractivity contribution < 1.29 is 12.8 Å². The summed E-state index contributed by atoms with van der Waals surface area (Å²) in [5, 5.41) is 0. The Labute approximate surface area is 121 Å². The van der Waals surface area contributed by atoms with E-state index in [-0.39, 0.29) is 17.6 Å². The number of hydrogen-bond acceptors (Lipinski definition) is 3. The molecular formula is C14H23FN2O2S.